The molecule has 0 saturated heterocycles. The van der Waals surface area contributed by atoms with Gasteiger partial charge in [0.25, 0.3) is 11.5 Å². The van der Waals surface area contributed by atoms with Crippen molar-refractivity contribution < 1.29 is 4.79 Å². The Morgan fingerprint density at radius 1 is 1.10 bits per heavy atom. The van der Waals surface area contributed by atoms with Crippen LogP contribution in [0.5, 0.6) is 0 Å². The molecule has 8 nitrogen and oxygen atoms in total. The molecule has 4 heterocycles. The first-order chi connectivity index (χ1) is 14.5. The Kier molecular flexibility index (Phi) is 4.54. The smallest absolute Gasteiger partial charge is 0.274 e. The maximum Gasteiger partial charge on any atom is 0.274 e. The van der Waals surface area contributed by atoms with Gasteiger partial charge in [0.1, 0.15) is 23.7 Å². The van der Waals surface area contributed by atoms with Crippen LogP contribution >= 0.6 is 11.3 Å². The van der Waals surface area contributed by atoms with E-state index in [0.717, 1.165) is 41.1 Å². The van der Waals surface area contributed by atoms with Crippen LogP contribution in [0.4, 0.5) is 22.3 Å². The van der Waals surface area contributed by atoms with Crippen molar-refractivity contribution >= 4 is 39.6 Å². The van der Waals surface area contributed by atoms with Crippen LogP contribution < -0.4 is 21.5 Å². The zero-order valence-corrected chi connectivity index (χ0v) is 17.4. The first-order valence-electron chi connectivity index (χ1n) is 10.0. The fourth-order valence-electron chi connectivity index (χ4n) is 4.32. The van der Waals surface area contributed by atoms with Gasteiger partial charge in [-0.15, -0.1) is 11.3 Å². The first kappa shape index (κ1) is 18.8. The number of nitrogens with zero attached hydrogens (tertiary/aromatic N) is 3. The van der Waals surface area contributed by atoms with Crippen molar-refractivity contribution in [2.24, 2.45) is 7.05 Å². The van der Waals surface area contributed by atoms with Gasteiger partial charge in [-0.05, 0) is 31.0 Å². The van der Waals surface area contributed by atoms with Crippen molar-refractivity contribution in [3.8, 4) is 0 Å². The Bertz CT molecular complexity index is 1180. The van der Waals surface area contributed by atoms with Crippen LogP contribution in [0.3, 0.4) is 0 Å². The summed E-state index contributed by atoms with van der Waals surface area (Å²) in [5.74, 6) is 1.13. The molecule has 0 bridgehead atoms. The molecule has 2 aliphatic rings. The van der Waals surface area contributed by atoms with Gasteiger partial charge in [0.2, 0.25) is 0 Å². The zero-order valence-electron chi connectivity index (χ0n) is 16.6. The van der Waals surface area contributed by atoms with Crippen molar-refractivity contribution in [1.29, 1.82) is 0 Å². The van der Waals surface area contributed by atoms with Crippen LogP contribution in [0.25, 0.3) is 0 Å². The number of anilines is 4. The lowest BCUT2D eigenvalue weighted by Crippen LogP contribution is -2.40. The van der Waals surface area contributed by atoms with Gasteiger partial charge < -0.3 is 20.5 Å². The molecular weight excluding hydrogens is 400 g/mol. The molecule has 1 aliphatic carbocycles. The number of aryl methyl sites for hydroxylation is 1. The van der Waals surface area contributed by atoms with Gasteiger partial charge in [-0.2, -0.15) is 0 Å². The van der Waals surface area contributed by atoms with E-state index in [0.29, 0.717) is 17.3 Å². The third kappa shape index (κ3) is 3.24. The Morgan fingerprint density at radius 3 is 2.67 bits per heavy atom. The molecular formula is C21H22N6O2S. The Balaban J connectivity index is 1.39. The third-order valence-electron chi connectivity index (χ3n) is 5.82. The highest BCUT2D eigenvalue weighted by Gasteiger charge is 2.44. The highest BCUT2D eigenvalue weighted by Crippen LogP contribution is 2.47. The molecule has 154 valence electrons. The number of amides is 1. The molecule has 0 radical (unpaired) electrons. The lowest BCUT2D eigenvalue weighted by atomic mass is 9.78. The van der Waals surface area contributed by atoms with E-state index in [2.05, 4.69) is 32.0 Å². The molecule has 0 unspecified atom stereocenters. The number of hydrogen-bond donors (Lipinski definition) is 3. The van der Waals surface area contributed by atoms with E-state index in [1.165, 1.54) is 28.7 Å². The second kappa shape index (κ2) is 7.24. The SMILES string of the molecule is Cn1cccc(Nc2cc(Nc3cc4c(s3)C(=O)NC43CCCCC3)ncn2)c1=O. The van der Waals surface area contributed by atoms with Crippen LogP contribution in [0, 0.1) is 0 Å². The third-order valence-corrected chi connectivity index (χ3v) is 6.87. The molecule has 1 fully saturated rings. The summed E-state index contributed by atoms with van der Waals surface area (Å²) in [5.41, 5.74) is 1.21. The van der Waals surface area contributed by atoms with Gasteiger partial charge in [0.05, 0.1) is 15.4 Å². The minimum absolute atomic E-state index is 0.0231. The highest BCUT2D eigenvalue weighted by molar-refractivity contribution is 7.18. The quantitative estimate of drug-likeness (QED) is 0.594. The molecule has 3 aromatic rings. The first-order valence-corrected chi connectivity index (χ1v) is 10.8. The fourth-order valence-corrected chi connectivity index (χ4v) is 5.38. The molecule has 5 rings (SSSR count). The summed E-state index contributed by atoms with van der Waals surface area (Å²) in [6.45, 7) is 0. The van der Waals surface area contributed by atoms with Gasteiger partial charge >= 0.3 is 0 Å². The molecule has 1 saturated carbocycles. The lowest BCUT2D eigenvalue weighted by molar-refractivity contribution is 0.0912. The van der Waals surface area contributed by atoms with Crippen molar-refractivity contribution in [2.45, 2.75) is 37.6 Å². The van der Waals surface area contributed by atoms with E-state index < -0.39 is 0 Å². The van der Waals surface area contributed by atoms with E-state index in [1.54, 1.807) is 31.4 Å². The van der Waals surface area contributed by atoms with E-state index in [1.807, 2.05) is 0 Å². The summed E-state index contributed by atoms with van der Waals surface area (Å²) >= 11 is 1.45. The van der Waals surface area contributed by atoms with E-state index in [-0.39, 0.29) is 17.0 Å². The number of rotatable bonds is 4. The molecule has 30 heavy (non-hydrogen) atoms. The molecule has 1 aliphatic heterocycles. The van der Waals surface area contributed by atoms with Crippen molar-refractivity contribution in [3.05, 3.63) is 57.6 Å². The Morgan fingerprint density at radius 2 is 1.87 bits per heavy atom. The number of hydrogen-bond acceptors (Lipinski definition) is 7. The highest BCUT2D eigenvalue weighted by atomic mass is 32.1. The Labute approximate surface area is 177 Å². The number of nitrogens with one attached hydrogen (secondary N) is 3. The van der Waals surface area contributed by atoms with Crippen LogP contribution in [-0.4, -0.2) is 20.4 Å². The van der Waals surface area contributed by atoms with Gasteiger partial charge in [-0.3, -0.25) is 9.59 Å². The number of aromatic nitrogens is 3. The second-order valence-corrected chi connectivity index (χ2v) is 8.88. The summed E-state index contributed by atoms with van der Waals surface area (Å²) in [7, 11) is 1.70. The minimum Gasteiger partial charge on any atom is -0.342 e. The number of carbonyl (C=O) groups excluding carboxylic acids is 1. The average molecular weight is 423 g/mol. The number of pyridine rings is 1. The van der Waals surface area contributed by atoms with Crippen molar-refractivity contribution in [2.75, 3.05) is 10.6 Å². The van der Waals surface area contributed by atoms with Crippen molar-refractivity contribution in [3.63, 3.8) is 0 Å². The molecule has 3 aromatic heterocycles. The summed E-state index contributed by atoms with van der Waals surface area (Å²) in [4.78, 5) is 34.0. The second-order valence-electron chi connectivity index (χ2n) is 7.83. The van der Waals surface area contributed by atoms with Gasteiger partial charge in [0, 0.05) is 24.9 Å². The normalized spacial score (nSPS) is 16.9. The molecule has 0 atom stereocenters. The van der Waals surface area contributed by atoms with Gasteiger partial charge in [0.15, 0.2) is 0 Å². The predicted molar refractivity (Wildman–Crippen MR) is 117 cm³/mol. The largest absolute Gasteiger partial charge is 0.342 e. The standard InChI is InChI=1S/C21H22N6O2S/c1-27-9-5-6-14(20(27)29)24-15-11-16(23-12-22-15)25-17-10-13-18(30-17)19(28)26-21(13)7-3-2-4-8-21/h5-6,9-12H,2-4,7-8H2,1H3,(H,26,28)(H2,22,23,24,25). The van der Waals surface area contributed by atoms with Crippen molar-refractivity contribution in [1.82, 2.24) is 19.9 Å². The maximum atomic E-state index is 12.5. The van der Waals surface area contributed by atoms with E-state index in [4.69, 9.17) is 0 Å². The van der Waals surface area contributed by atoms with E-state index >= 15 is 0 Å². The van der Waals surface area contributed by atoms with Gasteiger partial charge in [-0.25, -0.2) is 9.97 Å². The molecule has 3 N–H and O–H groups in total. The molecule has 0 aromatic carbocycles. The summed E-state index contributed by atoms with van der Waals surface area (Å²) in [5, 5.41) is 10.4. The van der Waals surface area contributed by atoms with Crippen LogP contribution in [-0.2, 0) is 12.6 Å². The summed E-state index contributed by atoms with van der Waals surface area (Å²) < 4.78 is 1.50. The topological polar surface area (TPSA) is 101 Å². The maximum absolute atomic E-state index is 12.5. The minimum atomic E-state index is -0.202. The van der Waals surface area contributed by atoms with Crippen LogP contribution in [0.2, 0.25) is 0 Å². The average Bonchev–Trinajstić information content (AvgIpc) is 3.26. The molecule has 1 amide bonds. The zero-order chi connectivity index (χ0) is 20.7. The number of fused-ring (bicyclic) bond motifs is 2. The van der Waals surface area contributed by atoms with Gasteiger partial charge in [-0.1, -0.05) is 19.3 Å². The van der Waals surface area contributed by atoms with Crippen LogP contribution in [0.15, 0.2) is 41.6 Å². The number of carbonyl (C=O) groups is 1. The van der Waals surface area contributed by atoms with E-state index in [9.17, 15) is 9.59 Å². The predicted octanol–water partition coefficient (Wildman–Crippen LogP) is 3.63. The lowest BCUT2D eigenvalue weighted by Gasteiger charge is -2.33. The number of thiophene rings is 1. The summed E-state index contributed by atoms with van der Waals surface area (Å²) in [6.07, 6.45) is 8.63. The Hall–Kier alpha value is -3.20. The van der Waals surface area contributed by atoms with Crippen LogP contribution in [0.1, 0.15) is 47.3 Å². The molecule has 1 spiro atoms. The summed E-state index contributed by atoms with van der Waals surface area (Å²) in [6, 6.07) is 7.33. The molecule has 9 heteroatoms. The fraction of sp³-hybridized carbons (Fsp3) is 0.333. The monoisotopic (exact) mass is 422 g/mol.